The number of aromatic hydroxyl groups is 1. The summed E-state index contributed by atoms with van der Waals surface area (Å²) in [7, 11) is 0. The maximum atomic E-state index is 11.2. The number of hydrogen-bond acceptors (Lipinski definition) is 3. The molecule has 0 saturated heterocycles. The molecule has 0 aliphatic heterocycles. The molecule has 1 heterocycles. The Balaban J connectivity index is 2.29. The molecule has 0 amide bonds. The van der Waals surface area contributed by atoms with Crippen LogP contribution in [0.15, 0.2) is 30.3 Å². The van der Waals surface area contributed by atoms with E-state index in [0.717, 1.165) is 29.4 Å². The average molecular weight is 394 g/mol. The molecule has 0 bridgehead atoms. The number of hydrogen-bond donors (Lipinski definition) is 1. The monoisotopic (exact) mass is 393 g/mol. The van der Waals surface area contributed by atoms with Crippen LogP contribution in [0, 0.1) is 0 Å². The van der Waals surface area contributed by atoms with E-state index in [-0.39, 0.29) is 16.6 Å². The summed E-state index contributed by atoms with van der Waals surface area (Å²) in [6.07, 6.45) is 2.05. The van der Waals surface area contributed by atoms with Crippen molar-refractivity contribution in [2.45, 2.75) is 85.0 Å². The molecule has 0 aliphatic carbocycles. The van der Waals surface area contributed by atoms with Gasteiger partial charge in [-0.2, -0.15) is 0 Å². The van der Waals surface area contributed by atoms with Crippen LogP contribution < -0.4 is 0 Å². The number of benzene rings is 2. The first-order chi connectivity index (χ1) is 13.5. The fourth-order valence-corrected chi connectivity index (χ4v) is 3.62. The van der Waals surface area contributed by atoms with Gasteiger partial charge in [-0.1, -0.05) is 73.6 Å². The highest BCUT2D eigenvalue weighted by Gasteiger charge is 2.28. The second-order valence-electron chi connectivity index (χ2n) is 9.89. The number of rotatable bonds is 5. The largest absolute Gasteiger partial charge is 0.505 e. The lowest BCUT2D eigenvalue weighted by molar-refractivity contribution is 0.436. The van der Waals surface area contributed by atoms with Gasteiger partial charge >= 0.3 is 0 Å². The van der Waals surface area contributed by atoms with E-state index in [0.29, 0.717) is 11.6 Å². The summed E-state index contributed by atoms with van der Waals surface area (Å²) in [6.45, 7) is 17.5. The molecule has 1 aromatic heterocycles. The van der Waals surface area contributed by atoms with Gasteiger partial charge in [0.05, 0.1) is 0 Å². The third-order valence-corrected chi connectivity index (χ3v) is 6.37. The van der Waals surface area contributed by atoms with Gasteiger partial charge in [0.2, 0.25) is 0 Å². The Morgan fingerprint density at radius 2 is 1.72 bits per heavy atom. The third kappa shape index (κ3) is 3.90. The van der Waals surface area contributed by atoms with Crippen LogP contribution in [0.4, 0.5) is 0 Å². The van der Waals surface area contributed by atoms with Gasteiger partial charge in [-0.3, -0.25) is 0 Å². The number of nitrogens with zero attached hydrogens (tertiary/aromatic N) is 3. The number of fused-ring (bicyclic) bond motifs is 1. The molecule has 156 valence electrons. The lowest BCUT2D eigenvalue weighted by Crippen LogP contribution is -2.20. The van der Waals surface area contributed by atoms with Gasteiger partial charge in [-0.05, 0) is 52.8 Å². The molecule has 1 unspecified atom stereocenters. The minimum Gasteiger partial charge on any atom is -0.505 e. The van der Waals surface area contributed by atoms with Crippen molar-refractivity contribution in [2.24, 2.45) is 0 Å². The second kappa shape index (κ2) is 7.47. The SMILES string of the molecule is CCC(C)c1cccc2nn(-c3cc(C(C)(C)CC)cc(C(C)(C)C)c3O)nc12. The van der Waals surface area contributed by atoms with Crippen LogP contribution in [0.25, 0.3) is 16.7 Å². The third-order valence-electron chi connectivity index (χ3n) is 6.37. The van der Waals surface area contributed by atoms with Gasteiger partial charge in [0.15, 0.2) is 0 Å². The molecule has 4 nitrogen and oxygen atoms in total. The van der Waals surface area contributed by atoms with Crippen molar-refractivity contribution in [2.75, 3.05) is 0 Å². The van der Waals surface area contributed by atoms with E-state index in [2.05, 4.69) is 73.6 Å². The zero-order valence-corrected chi connectivity index (χ0v) is 19.2. The molecular weight excluding hydrogens is 358 g/mol. The Kier molecular flexibility index (Phi) is 5.50. The number of aromatic nitrogens is 3. The highest BCUT2D eigenvalue weighted by molar-refractivity contribution is 5.78. The Hall–Kier alpha value is -2.36. The quantitative estimate of drug-likeness (QED) is 0.529. The lowest BCUT2D eigenvalue weighted by atomic mass is 9.77. The van der Waals surface area contributed by atoms with Crippen LogP contribution in [-0.2, 0) is 10.8 Å². The van der Waals surface area contributed by atoms with Crippen molar-refractivity contribution in [3.05, 3.63) is 47.0 Å². The maximum Gasteiger partial charge on any atom is 0.146 e. The summed E-state index contributed by atoms with van der Waals surface area (Å²) in [5, 5.41) is 20.8. The van der Waals surface area contributed by atoms with Crippen LogP contribution in [0.5, 0.6) is 5.75 Å². The van der Waals surface area contributed by atoms with Gasteiger partial charge in [-0.15, -0.1) is 15.0 Å². The normalized spacial score (nSPS) is 13.8. The van der Waals surface area contributed by atoms with Crippen LogP contribution in [0.3, 0.4) is 0 Å². The first-order valence-electron chi connectivity index (χ1n) is 10.7. The Bertz CT molecular complexity index is 1020. The van der Waals surface area contributed by atoms with Gasteiger partial charge in [0.25, 0.3) is 0 Å². The summed E-state index contributed by atoms with van der Waals surface area (Å²) in [4.78, 5) is 1.62. The van der Waals surface area contributed by atoms with Gasteiger partial charge in [0.1, 0.15) is 22.5 Å². The molecule has 0 saturated carbocycles. The molecule has 0 radical (unpaired) electrons. The van der Waals surface area contributed by atoms with E-state index >= 15 is 0 Å². The standard InChI is InChI=1S/C25H35N3O/c1-9-16(3)18-12-11-13-20-22(18)27-28(26-20)21-15-17(25(7,8)10-2)14-19(23(21)29)24(4,5)6/h11-16,29H,9-10H2,1-8H3. The van der Waals surface area contributed by atoms with Crippen molar-refractivity contribution in [3.8, 4) is 11.4 Å². The zero-order chi connectivity index (χ0) is 21.6. The summed E-state index contributed by atoms with van der Waals surface area (Å²) >= 11 is 0. The Morgan fingerprint density at radius 1 is 1.03 bits per heavy atom. The molecular formula is C25H35N3O. The predicted molar refractivity (Wildman–Crippen MR) is 121 cm³/mol. The van der Waals surface area contributed by atoms with Gasteiger partial charge in [-0.25, -0.2) is 0 Å². The van der Waals surface area contributed by atoms with E-state index in [1.807, 2.05) is 12.1 Å². The average Bonchev–Trinajstić information content (AvgIpc) is 3.10. The molecule has 1 atom stereocenters. The van der Waals surface area contributed by atoms with Crippen molar-refractivity contribution >= 4 is 11.0 Å². The number of phenolic OH excluding ortho intramolecular Hbond substituents is 1. The van der Waals surface area contributed by atoms with E-state index < -0.39 is 0 Å². The summed E-state index contributed by atoms with van der Waals surface area (Å²) in [6, 6.07) is 10.4. The minimum absolute atomic E-state index is 0.00306. The summed E-state index contributed by atoms with van der Waals surface area (Å²) in [5.74, 6) is 0.673. The first-order valence-corrected chi connectivity index (χ1v) is 10.7. The fourth-order valence-electron chi connectivity index (χ4n) is 3.62. The van der Waals surface area contributed by atoms with Crippen LogP contribution >= 0.6 is 0 Å². The fraction of sp³-hybridized carbons (Fsp3) is 0.520. The van der Waals surface area contributed by atoms with Gasteiger partial charge in [0, 0.05) is 5.56 Å². The zero-order valence-electron chi connectivity index (χ0n) is 19.2. The van der Waals surface area contributed by atoms with Crippen LogP contribution in [-0.4, -0.2) is 20.1 Å². The van der Waals surface area contributed by atoms with Crippen LogP contribution in [0.2, 0.25) is 0 Å². The second-order valence-corrected chi connectivity index (χ2v) is 9.89. The van der Waals surface area contributed by atoms with Gasteiger partial charge < -0.3 is 5.11 Å². The molecule has 4 heteroatoms. The molecule has 3 aromatic rings. The van der Waals surface area contributed by atoms with Crippen molar-refractivity contribution in [1.82, 2.24) is 15.0 Å². The highest BCUT2D eigenvalue weighted by atomic mass is 16.3. The highest BCUT2D eigenvalue weighted by Crippen LogP contribution is 2.40. The van der Waals surface area contributed by atoms with E-state index in [9.17, 15) is 5.11 Å². The lowest BCUT2D eigenvalue weighted by Gasteiger charge is -2.29. The van der Waals surface area contributed by atoms with Crippen LogP contribution in [0.1, 0.15) is 90.8 Å². The smallest absolute Gasteiger partial charge is 0.146 e. The van der Waals surface area contributed by atoms with Crippen molar-refractivity contribution in [1.29, 1.82) is 0 Å². The van der Waals surface area contributed by atoms with E-state index in [4.69, 9.17) is 10.2 Å². The topological polar surface area (TPSA) is 50.9 Å². The van der Waals surface area contributed by atoms with Crippen molar-refractivity contribution in [3.63, 3.8) is 0 Å². The molecule has 0 aliphatic rings. The van der Waals surface area contributed by atoms with E-state index in [1.54, 1.807) is 4.80 Å². The molecule has 3 rings (SSSR count). The summed E-state index contributed by atoms with van der Waals surface area (Å²) < 4.78 is 0. The minimum atomic E-state index is -0.187. The molecule has 2 aromatic carbocycles. The van der Waals surface area contributed by atoms with E-state index in [1.165, 1.54) is 11.1 Å². The van der Waals surface area contributed by atoms with Crippen molar-refractivity contribution < 1.29 is 5.11 Å². The summed E-state index contributed by atoms with van der Waals surface area (Å²) in [5.41, 5.74) is 5.57. The Labute approximate surface area is 175 Å². The molecule has 0 fully saturated rings. The first kappa shape index (κ1) is 21.4. The number of phenols is 1. The molecule has 29 heavy (non-hydrogen) atoms. The maximum absolute atomic E-state index is 11.2. The Morgan fingerprint density at radius 3 is 2.31 bits per heavy atom. The molecule has 0 spiro atoms. The molecule has 1 N–H and O–H groups in total. The predicted octanol–water partition coefficient (Wildman–Crippen LogP) is 6.62.